The van der Waals surface area contributed by atoms with Gasteiger partial charge in [0.05, 0.1) is 24.1 Å². The number of likely N-dealkylation sites (tertiary alicyclic amines) is 2. The lowest BCUT2D eigenvalue weighted by Crippen LogP contribution is -2.53. The predicted octanol–water partition coefficient (Wildman–Crippen LogP) is 4.95. The molecule has 2 aliphatic heterocycles. The normalized spacial score (nSPS) is 19.9. The fraction of sp³-hybridized carbons (Fsp3) is 0.417. The molecule has 0 radical (unpaired) electrons. The molecule has 13 heteroatoms. The average Bonchev–Trinajstić information content (AvgIpc) is 3.74. The molecular formula is C36H39F2N7O3S. The minimum atomic E-state index is -2.57. The molecule has 1 aromatic carbocycles. The van der Waals surface area contributed by atoms with Crippen LogP contribution in [-0.4, -0.2) is 83.1 Å². The van der Waals surface area contributed by atoms with E-state index >= 15 is 0 Å². The van der Waals surface area contributed by atoms with Gasteiger partial charge >= 0.3 is 0 Å². The summed E-state index contributed by atoms with van der Waals surface area (Å²) in [5.74, 6) is -0.0687. The van der Waals surface area contributed by atoms with Gasteiger partial charge in [-0.15, -0.1) is 11.3 Å². The SMILES string of the molecule is Cc1ccc(-c2ncc(CN3CC[C@@H](C(=O)N4CCC(O)(Cn5cnc6c(ccn6CC(F)F)c5=O)CC4)[C@H](c4ccccc4)C3)s2)cn1. The average molecular weight is 688 g/mol. The number of aliphatic hydroxyl groups is 1. The van der Waals surface area contributed by atoms with Crippen LogP contribution >= 0.6 is 11.3 Å². The van der Waals surface area contributed by atoms with Gasteiger partial charge in [-0.3, -0.25) is 24.0 Å². The predicted molar refractivity (Wildman–Crippen MR) is 183 cm³/mol. The number of carbonyl (C=O) groups excluding carboxylic acids is 1. The lowest BCUT2D eigenvalue weighted by Gasteiger charge is -2.43. The fourth-order valence-corrected chi connectivity index (χ4v) is 8.14. The van der Waals surface area contributed by atoms with Gasteiger partial charge in [-0.05, 0) is 56.5 Å². The molecule has 5 aromatic rings. The molecule has 2 saturated heterocycles. The van der Waals surface area contributed by atoms with Crippen LogP contribution in [0.5, 0.6) is 0 Å². The second-order valence-electron chi connectivity index (χ2n) is 13.3. The minimum absolute atomic E-state index is 0.0155. The number of amides is 1. The van der Waals surface area contributed by atoms with E-state index in [9.17, 15) is 23.5 Å². The number of aryl methyl sites for hydroxylation is 1. The van der Waals surface area contributed by atoms with Crippen molar-refractivity contribution in [2.24, 2.45) is 5.92 Å². The van der Waals surface area contributed by atoms with Crippen molar-refractivity contribution < 1.29 is 18.7 Å². The number of aromatic nitrogens is 5. The van der Waals surface area contributed by atoms with Crippen molar-refractivity contribution in [3.8, 4) is 10.6 Å². The maximum absolute atomic E-state index is 14.1. The number of hydrogen-bond donors (Lipinski definition) is 1. The molecular weight excluding hydrogens is 649 g/mol. The number of nitrogens with zero attached hydrogens (tertiary/aromatic N) is 7. The molecule has 4 aromatic heterocycles. The van der Waals surface area contributed by atoms with Crippen molar-refractivity contribution in [3.63, 3.8) is 0 Å². The maximum atomic E-state index is 14.1. The Morgan fingerprint density at radius 2 is 1.82 bits per heavy atom. The van der Waals surface area contributed by atoms with Gasteiger partial charge in [-0.1, -0.05) is 30.3 Å². The smallest absolute Gasteiger partial charge is 0.262 e. The Morgan fingerprint density at radius 1 is 1.02 bits per heavy atom. The zero-order valence-electron chi connectivity index (χ0n) is 27.3. The third-order valence-corrected chi connectivity index (χ3v) is 10.9. The summed E-state index contributed by atoms with van der Waals surface area (Å²) in [5.41, 5.74) is 1.73. The van der Waals surface area contributed by atoms with E-state index in [0.29, 0.717) is 25.9 Å². The van der Waals surface area contributed by atoms with E-state index in [0.717, 1.165) is 47.9 Å². The molecule has 0 spiro atoms. The Bertz CT molecular complexity index is 1970. The van der Waals surface area contributed by atoms with E-state index in [1.807, 2.05) is 54.5 Å². The molecule has 1 amide bonds. The summed E-state index contributed by atoms with van der Waals surface area (Å²) in [4.78, 5) is 46.0. The highest BCUT2D eigenvalue weighted by molar-refractivity contribution is 7.15. The van der Waals surface area contributed by atoms with Crippen LogP contribution in [0.3, 0.4) is 0 Å². The third kappa shape index (κ3) is 7.19. The maximum Gasteiger partial charge on any atom is 0.262 e. The van der Waals surface area contributed by atoms with Crippen molar-refractivity contribution in [2.75, 3.05) is 26.2 Å². The van der Waals surface area contributed by atoms with Crippen molar-refractivity contribution in [3.05, 3.63) is 99.9 Å². The van der Waals surface area contributed by atoms with E-state index < -0.39 is 18.6 Å². The van der Waals surface area contributed by atoms with Crippen LogP contribution in [0.25, 0.3) is 21.6 Å². The number of rotatable bonds is 9. The topological polar surface area (TPSA) is 109 Å². The van der Waals surface area contributed by atoms with Crippen LogP contribution < -0.4 is 5.56 Å². The van der Waals surface area contributed by atoms with Gasteiger partial charge in [0.25, 0.3) is 12.0 Å². The van der Waals surface area contributed by atoms with E-state index in [1.165, 1.54) is 32.6 Å². The highest BCUT2D eigenvalue weighted by Crippen LogP contribution is 2.37. The first-order chi connectivity index (χ1) is 23.7. The molecule has 0 aliphatic carbocycles. The molecule has 7 rings (SSSR count). The Morgan fingerprint density at radius 3 is 2.55 bits per heavy atom. The van der Waals surface area contributed by atoms with Gasteiger partial charge in [0.1, 0.15) is 17.0 Å². The Labute approximate surface area is 286 Å². The van der Waals surface area contributed by atoms with Crippen LogP contribution in [-0.2, 0) is 24.4 Å². The standard InChI is InChI=1S/C36H39F2N7O3S/c1-24-7-8-26(17-39-24)33-40-18-27(49-33)19-42-13-9-28(30(20-42)25-5-3-2-4-6-25)34(46)43-15-11-36(48,12-16-43)22-45-23-41-32-29(35(45)47)10-14-44(32)21-31(37)38/h2-8,10,14,17-18,23,28,30-31,48H,9,11-13,15-16,19-22H2,1H3/t28-,30+/m1/s1. The summed E-state index contributed by atoms with van der Waals surface area (Å²) in [5, 5.41) is 12.7. The molecule has 6 heterocycles. The number of benzene rings is 1. The highest BCUT2D eigenvalue weighted by atomic mass is 32.1. The number of hydrogen-bond acceptors (Lipinski definition) is 8. The molecule has 2 aliphatic rings. The molecule has 2 fully saturated rings. The molecule has 256 valence electrons. The molecule has 0 bridgehead atoms. The second-order valence-corrected chi connectivity index (χ2v) is 14.4. The van der Waals surface area contributed by atoms with Gasteiger partial charge < -0.3 is 14.6 Å². The molecule has 2 atom stereocenters. The summed E-state index contributed by atoms with van der Waals surface area (Å²) in [7, 11) is 0. The zero-order valence-corrected chi connectivity index (χ0v) is 28.1. The van der Waals surface area contributed by atoms with Crippen LogP contribution in [0.2, 0.25) is 0 Å². The van der Waals surface area contributed by atoms with Crippen molar-refractivity contribution in [1.29, 1.82) is 0 Å². The van der Waals surface area contributed by atoms with Crippen molar-refractivity contribution in [1.82, 2.24) is 33.9 Å². The molecule has 1 N–H and O–H groups in total. The first-order valence-electron chi connectivity index (χ1n) is 16.6. The quantitative estimate of drug-likeness (QED) is 0.234. The van der Waals surface area contributed by atoms with Gasteiger partial charge in [-0.2, -0.15) is 0 Å². The molecule has 0 unspecified atom stereocenters. The monoisotopic (exact) mass is 687 g/mol. The number of thiazole rings is 1. The summed E-state index contributed by atoms with van der Waals surface area (Å²) >= 11 is 1.67. The summed E-state index contributed by atoms with van der Waals surface area (Å²) < 4.78 is 28.5. The van der Waals surface area contributed by atoms with Crippen LogP contribution in [0, 0.1) is 12.8 Å². The van der Waals surface area contributed by atoms with E-state index in [1.54, 1.807) is 11.3 Å². The van der Waals surface area contributed by atoms with Gasteiger partial charge in [-0.25, -0.2) is 18.7 Å². The van der Waals surface area contributed by atoms with E-state index in [2.05, 4.69) is 32.0 Å². The number of alkyl halides is 2. The number of piperidine rings is 2. The number of halogens is 2. The fourth-order valence-electron chi connectivity index (χ4n) is 7.19. The number of pyridine rings is 1. The lowest BCUT2D eigenvalue weighted by atomic mass is 9.79. The summed E-state index contributed by atoms with van der Waals surface area (Å²) in [6, 6.07) is 15.7. The Balaban J connectivity index is 1.01. The number of carbonyl (C=O) groups is 1. The van der Waals surface area contributed by atoms with Crippen LogP contribution in [0.1, 0.15) is 41.3 Å². The van der Waals surface area contributed by atoms with Crippen LogP contribution in [0.4, 0.5) is 8.78 Å². The van der Waals surface area contributed by atoms with E-state index in [4.69, 9.17) is 0 Å². The van der Waals surface area contributed by atoms with E-state index in [-0.39, 0.29) is 40.9 Å². The zero-order chi connectivity index (χ0) is 34.1. The molecule has 10 nitrogen and oxygen atoms in total. The minimum Gasteiger partial charge on any atom is -0.388 e. The second kappa shape index (κ2) is 13.9. The lowest BCUT2D eigenvalue weighted by molar-refractivity contribution is -0.142. The summed E-state index contributed by atoms with van der Waals surface area (Å²) in [6.45, 7) is 4.48. The first-order valence-corrected chi connectivity index (χ1v) is 17.5. The van der Waals surface area contributed by atoms with Gasteiger partial charge in [0.2, 0.25) is 5.91 Å². The largest absolute Gasteiger partial charge is 0.388 e. The van der Waals surface area contributed by atoms with Crippen molar-refractivity contribution >= 4 is 28.3 Å². The van der Waals surface area contributed by atoms with Gasteiger partial charge in [0, 0.05) is 72.7 Å². The number of fused-ring (bicyclic) bond motifs is 1. The summed E-state index contributed by atoms with van der Waals surface area (Å²) in [6.07, 6.45) is 5.33. The van der Waals surface area contributed by atoms with Crippen molar-refractivity contribution in [2.45, 2.75) is 63.8 Å². The Kier molecular flexibility index (Phi) is 9.40. The Hall–Kier alpha value is -4.33. The third-order valence-electron chi connectivity index (χ3n) is 9.88. The molecule has 0 saturated carbocycles. The first kappa shape index (κ1) is 33.2. The van der Waals surface area contributed by atoms with Gasteiger partial charge in [0.15, 0.2) is 0 Å². The van der Waals surface area contributed by atoms with Crippen LogP contribution in [0.15, 0.2) is 78.2 Å². The highest BCUT2D eigenvalue weighted by Gasteiger charge is 2.41. The molecule has 49 heavy (non-hydrogen) atoms.